The van der Waals surface area contributed by atoms with Crippen molar-refractivity contribution in [2.45, 2.75) is 26.0 Å². The number of carboxylic acids is 1. The Morgan fingerprint density at radius 1 is 1.43 bits per heavy atom. The zero-order chi connectivity index (χ0) is 9.84. The summed E-state index contributed by atoms with van der Waals surface area (Å²) in [7, 11) is 1.57. The highest BCUT2D eigenvalue weighted by molar-refractivity contribution is 5.85. The molecule has 0 aromatic rings. The number of rotatable bonds is 4. The second-order valence-electron chi connectivity index (χ2n) is 3.50. The molecule has 1 heterocycles. The van der Waals surface area contributed by atoms with Crippen LogP contribution in [0.4, 0.5) is 0 Å². The van der Waals surface area contributed by atoms with Crippen LogP contribution >= 0.6 is 12.4 Å². The Morgan fingerprint density at radius 2 is 1.93 bits per heavy atom. The molecular formula is C9H18ClNO3. The van der Waals surface area contributed by atoms with Gasteiger partial charge in [-0.15, -0.1) is 12.4 Å². The average molecular weight is 224 g/mol. The first-order chi connectivity index (χ1) is 6.16. The maximum Gasteiger partial charge on any atom is 0.310 e. The second kappa shape index (κ2) is 6.22. The molecule has 0 saturated carbocycles. The summed E-state index contributed by atoms with van der Waals surface area (Å²) in [6.07, 6.45) is 2.03. The van der Waals surface area contributed by atoms with Crippen LogP contribution in [0.15, 0.2) is 0 Å². The summed E-state index contributed by atoms with van der Waals surface area (Å²) < 4.78 is 5.20. The highest BCUT2D eigenvalue weighted by Gasteiger charge is 2.30. The fraction of sp³-hybridized carbons (Fsp3) is 0.889. The second-order valence-corrected chi connectivity index (χ2v) is 3.50. The van der Waals surface area contributed by atoms with Crippen LogP contribution in [0.5, 0.6) is 0 Å². The molecule has 0 aromatic carbocycles. The lowest BCUT2D eigenvalue weighted by Crippen LogP contribution is -2.42. The number of methoxy groups -OCH3 is 1. The minimum atomic E-state index is -0.793. The first-order valence-electron chi connectivity index (χ1n) is 4.66. The number of halogens is 1. The van der Waals surface area contributed by atoms with E-state index < -0.39 is 11.9 Å². The Balaban J connectivity index is 0.00000169. The smallest absolute Gasteiger partial charge is 0.310 e. The molecule has 84 valence electrons. The third-order valence-electron chi connectivity index (χ3n) is 2.56. The predicted octanol–water partition coefficient (Wildman–Crippen LogP) is 1.20. The van der Waals surface area contributed by atoms with E-state index in [1.165, 1.54) is 0 Å². The number of ether oxygens (including phenoxy) is 1. The van der Waals surface area contributed by atoms with Crippen molar-refractivity contribution in [1.82, 2.24) is 4.90 Å². The SMILES string of the molecule is COC(C(C)C(=O)O)N1CCCC1.Cl. The van der Waals surface area contributed by atoms with Gasteiger partial charge in [0.05, 0.1) is 5.92 Å². The Morgan fingerprint density at radius 3 is 2.29 bits per heavy atom. The van der Waals surface area contributed by atoms with Gasteiger partial charge in [0.15, 0.2) is 0 Å². The molecule has 4 nitrogen and oxygen atoms in total. The van der Waals surface area contributed by atoms with Crippen molar-refractivity contribution in [3.05, 3.63) is 0 Å². The number of likely N-dealkylation sites (tertiary alicyclic amines) is 1. The summed E-state index contributed by atoms with van der Waals surface area (Å²) in [4.78, 5) is 12.8. The summed E-state index contributed by atoms with van der Waals surface area (Å²) in [5, 5.41) is 8.84. The van der Waals surface area contributed by atoms with Gasteiger partial charge >= 0.3 is 5.97 Å². The van der Waals surface area contributed by atoms with Crippen LogP contribution in [0.3, 0.4) is 0 Å². The number of nitrogens with zero attached hydrogens (tertiary/aromatic N) is 1. The van der Waals surface area contributed by atoms with Gasteiger partial charge in [-0.3, -0.25) is 9.69 Å². The highest BCUT2D eigenvalue weighted by Crippen LogP contribution is 2.18. The molecule has 0 spiro atoms. The van der Waals surface area contributed by atoms with E-state index in [-0.39, 0.29) is 18.6 Å². The quantitative estimate of drug-likeness (QED) is 0.778. The molecule has 2 unspecified atom stereocenters. The van der Waals surface area contributed by atoms with Crippen molar-refractivity contribution in [2.75, 3.05) is 20.2 Å². The lowest BCUT2D eigenvalue weighted by Gasteiger charge is -2.28. The highest BCUT2D eigenvalue weighted by atomic mass is 35.5. The first kappa shape index (κ1) is 13.7. The summed E-state index contributed by atoms with van der Waals surface area (Å²) in [5.41, 5.74) is 0. The van der Waals surface area contributed by atoms with E-state index in [0.717, 1.165) is 25.9 Å². The molecule has 1 rings (SSSR count). The van der Waals surface area contributed by atoms with E-state index in [1.807, 2.05) is 0 Å². The predicted molar refractivity (Wildman–Crippen MR) is 55.7 cm³/mol. The zero-order valence-electron chi connectivity index (χ0n) is 8.60. The van der Waals surface area contributed by atoms with Crippen molar-refractivity contribution in [3.63, 3.8) is 0 Å². The van der Waals surface area contributed by atoms with Gasteiger partial charge < -0.3 is 9.84 Å². The Hall–Kier alpha value is -0.320. The molecule has 0 amide bonds. The van der Waals surface area contributed by atoms with Crippen LogP contribution in [-0.2, 0) is 9.53 Å². The van der Waals surface area contributed by atoms with Crippen molar-refractivity contribution in [1.29, 1.82) is 0 Å². The van der Waals surface area contributed by atoms with E-state index in [4.69, 9.17) is 9.84 Å². The van der Waals surface area contributed by atoms with Crippen molar-refractivity contribution in [3.8, 4) is 0 Å². The molecule has 1 N–H and O–H groups in total. The molecule has 14 heavy (non-hydrogen) atoms. The standard InChI is InChI=1S/C9H17NO3.ClH/c1-7(9(11)12)8(13-2)10-5-3-4-6-10;/h7-8H,3-6H2,1-2H3,(H,11,12);1H. The fourth-order valence-corrected chi connectivity index (χ4v) is 1.79. The van der Waals surface area contributed by atoms with Gasteiger partial charge in [-0.05, 0) is 19.8 Å². The molecule has 0 radical (unpaired) electrons. The molecule has 0 aromatic heterocycles. The van der Waals surface area contributed by atoms with Gasteiger partial charge in [0, 0.05) is 20.2 Å². The number of carbonyl (C=O) groups is 1. The Labute approximate surface area is 90.6 Å². The molecule has 1 saturated heterocycles. The first-order valence-corrected chi connectivity index (χ1v) is 4.66. The van der Waals surface area contributed by atoms with E-state index >= 15 is 0 Å². The maximum absolute atomic E-state index is 10.7. The molecular weight excluding hydrogens is 206 g/mol. The summed E-state index contributed by atoms with van der Waals surface area (Å²) in [5.74, 6) is -1.25. The number of hydrogen-bond donors (Lipinski definition) is 1. The average Bonchev–Trinajstić information content (AvgIpc) is 2.58. The van der Waals surface area contributed by atoms with Crippen molar-refractivity contribution < 1.29 is 14.6 Å². The van der Waals surface area contributed by atoms with Gasteiger partial charge in [-0.1, -0.05) is 0 Å². The maximum atomic E-state index is 10.7. The zero-order valence-corrected chi connectivity index (χ0v) is 9.42. The van der Waals surface area contributed by atoms with Crippen LogP contribution in [0.25, 0.3) is 0 Å². The van der Waals surface area contributed by atoms with Crippen LogP contribution in [0.1, 0.15) is 19.8 Å². The third-order valence-corrected chi connectivity index (χ3v) is 2.56. The molecule has 2 atom stereocenters. The third kappa shape index (κ3) is 3.12. The van der Waals surface area contributed by atoms with Gasteiger partial charge in [0.2, 0.25) is 0 Å². The minimum absolute atomic E-state index is 0. The van der Waals surface area contributed by atoms with E-state index in [0.29, 0.717) is 0 Å². The Kier molecular flexibility index (Phi) is 6.08. The molecule has 1 fully saturated rings. The molecule has 1 aliphatic heterocycles. The van der Waals surface area contributed by atoms with E-state index in [9.17, 15) is 4.79 Å². The summed E-state index contributed by atoms with van der Waals surface area (Å²) in [6, 6.07) is 0. The van der Waals surface area contributed by atoms with Crippen LogP contribution < -0.4 is 0 Å². The largest absolute Gasteiger partial charge is 0.481 e. The van der Waals surface area contributed by atoms with Gasteiger partial charge in [-0.2, -0.15) is 0 Å². The van der Waals surface area contributed by atoms with Crippen molar-refractivity contribution in [2.24, 2.45) is 5.92 Å². The number of aliphatic carboxylic acids is 1. The van der Waals surface area contributed by atoms with Crippen molar-refractivity contribution >= 4 is 18.4 Å². The van der Waals surface area contributed by atoms with Crippen LogP contribution in [-0.4, -0.2) is 42.4 Å². The van der Waals surface area contributed by atoms with Gasteiger partial charge in [-0.25, -0.2) is 0 Å². The monoisotopic (exact) mass is 223 g/mol. The van der Waals surface area contributed by atoms with Gasteiger partial charge in [0.1, 0.15) is 6.23 Å². The minimum Gasteiger partial charge on any atom is -0.481 e. The normalized spacial score (nSPS) is 21.3. The molecule has 0 aliphatic carbocycles. The Bertz CT molecular complexity index is 183. The summed E-state index contributed by atoms with van der Waals surface area (Å²) in [6.45, 7) is 3.60. The number of hydrogen-bond acceptors (Lipinski definition) is 3. The summed E-state index contributed by atoms with van der Waals surface area (Å²) >= 11 is 0. The lowest BCUT2D eigenvalue weighted by molar-refractivity contribution is -0.152. The lowest BCUT2D eigenvalue weighted by atomic mass is 10.1. The number of carboxylic acid groups (broad SMARTS) is 1. The van der Waals surface area contributed by atoms with E-state index in [1.54, 1.807) is 14.0 Å². The molecule has 0 bridgehead atoms. The van der Waals surface area contributed by atoms with Crippen LogP contribution in [0.2, 0.25) is 0 Å². The fourth-order valence-electron chi connectivity index (χ4n) is 1.79. The molecule has 1 aliphatic rings. The molecule has 5 heteroatoms. The van der Waals surface area contributed by atoms with Gasteiger partial charge in [0.25, 0.3) is 0 Å². The topological polar surface area (TPSA) is 49.8 Å². The van der Waals surface area contributed by atoms with Crippen LogP contribution in [0, 0.1) is 5.92 Å². The van der Waals surface area contributed by atoms with E-state index in [2.05, 4.69) is 4.90 Å².